The Morgan fingerprint density at radius 1 is 0.875 bits per heavy atom. The van der Waals surface area contributed by atoms with Crippen molar-refractivity contribution >= 4 is 5.97 Å². The average molecular weight is 342 g/mol. The lowest BCUT2D eigenvalue weighted by molar-refractivity contribution is -0.206. The molecular weight excluding hydrogens is 312 g/mol. The van der Waals surface area contributed by atoms with Crippen molar-refractivity contribution in [3.05, 3.63) is 12.3 Å². The highest BCUT2D eigenvalue weighted by atomic mass is 17.1. The van der Waals surface area contributed by atoms with Crippen molar-refractivity contribution in [1.82, 2.24) is 19.6 Å². The molecule has 0 saturated carbocycles. The van der Waals surface area contributed by atoms with Crippen LogP contribution in [-0.2, 0) is 9.68 Å². The van der Waals surface area contributed by atoms with Crippen LogP contribution in [0.25, 0.3) is 0 Å². The number of rotatable bonds is 6. The molecule has 0 aromatic rings. The van der Waals surface area contributed by atoms with Crippen LogP contribution in [0.1, 0.15) is 6.42 Å². The number of hydrogen-bond acceptors (Lipinski definition) is 7. The van der Waals surface area contributed by atoms with Crippen molar-refractivity contribution in [1.29, 1.82) is 0 Å². The highest BCUT2D eigenvalue weighted by molar-refractivity contribution is 5.66. The van der Waals surface area contributed by atoms with E-state index in [2.05, 4.69) is 31.1 Å². The maximum atomic E-state index is 10.8. The first-order valence-electron chi connectivity index (χ1n) is 8.67. The smallest absolute Gasteiger partial charge is 0.304 e. The third-order valence-corrected chi connectivity index (χ3v) is 4.83. The van der Waals surface area contributed by atoms with Crippen LogP contribution in [0.3, 0.4) is 0 Å². The quantitative estimate of drug-likeness (QED) is 0.387. The van der Waals surface area contributed by atoms with Crippen LogP contribution in [-0.4, -0.2) is 114 Å². The van der Waals surface area contributed by atoms with E-state index < -0.39 is 5.97 Å². The van der Waals surface area contributed by atoms with E-state index in [0.717, 1.165) is 65.4 Å². The molecule has 0 spiro atoms. The van der Waals surface area contributed by atoms with Crippen LogP contribution < -0.4 is 0 Å². The fourth-order valence-corrected chi connectivity index (χ4v) is 3.22. The normalized spacial score (nSPS) is 27.2. The number of aliphatic carboxylic acids is 1. The molecule has 2 rings (SSSR count). The molecule has 2 aliphatic heterocycles. The third kappa shape index (κ3) is 6.74. The summed E-state index contributed by atoms with van der Waals surface area (Å²) in [5, 5.41) is 17.6. The molecular formula is C16H30N4O4. The topological polar surface area (TPSA) is 79.7 Å². The van der Waals surface area contributed by atoms with E-state index in [1.165, 1.54) is 0 Å². The van der Waals surface area contributed by atoms with Crippen LogP contribution in [0.15, 0.2) is 12.3 Å². The van der Waals surface area contributed by atoms with Gasteiger partial charge in [-0.15, -0.1) is 0 Å². The van der Waals surface area contributed by atoms with Crippen molar-refractivity contribution in [2.45, 2.75) is 6.42 Å². The van der Waals surface area contributed by atoms with Gasteiger partial charge < -0.3 is 14.9 Å². The van der Waals surface area contributed by atoms with Crippen molar-refractivity contribution in [3.63, 3.8) is 0 Å². The predicted octanol–water partition coefficient (Wildman–Crippen LogP) is -0.300. The summed E-state index contributed by atoms with van der Waals surface area (Å²) < 4.78 is 0. The molecule has 2 N–H and O–H groups in total. The summed E-state index contributed by atoms with van der Waals surface area (Å²) in [5.41, 5.74) is 0. The first-order valence-corrected chi connectivity index (χ1v) is 8.67. The first kappa shape index (κ1) is 19.1. The molecule has 2 saturated heterocycles. The Balaban J connectivity index is 1.93. The van der Waals surface area contributed by atoms with Crippen LogP contribution >= 0.6 is 0 Å². The average Bonchev–Trinajstić information content (AvgIpc) is 2.71. The van der Waals surface area contributed by atoms with Gasteiger partial charge in [-0.1, -0.05) is 6.58 Å². The lowest BCUT2D eigenvalue weighted by Crippen LogP contribution is -2.42. The second kappa shape index (κ2) is 9.95. The molecule has 2 aliphatic rings. The molecule has 0 aromatic heterocycles. The van der Waals surface area contributed by atoms with Gasteiger partial charge in [-0.05, 0) is 0 Å². The SMILES string of the molecule is C=C(CN1CCN2CCN(CCC(=O)O)CCN(CC2)CC1)OO. The Bertz CT molecular complexity index is 401. The zero-order valence-corrected chi connectivity index (χ0v) is 14.4. The Labute approximate surface area is 143 Å². The Hall–Kier alpha value is -1.19. The summed E-state index contributed by atoms with van der Waals surface area (Å²) >= 11 is 0. The highest BCUT2D eigenvalue weighted by Gasteiger charge is 2.20. The summed E-state index contributed by atoms with van der Waals surface area (Å²) in [5.74, 6) is -0.356. The van der Waals surface area contributed by atoms with Gasteiger partial charge in [0.15, 0.2) is 0 Å². The molecule has 0 aliphatic carbocycles. The standard InChI is InChI=1S/C16H30N4O4/c1-15(24-23)14-20-12-10-18-6-4-17(3-2-16(21)22)5-7-19(9-8-18)11-13-20/h23H,1-14H2,(H,21,22). The highest BCUT2D eigenvalue weighted by Crippen LogP contribution is 2.06. The largest absolute Gasteiger partial charge is 0.481 e. The van der Waals surface area contributed by atoms with Crippen LogP contribution in [0.5, 0.6) is 0 Å². The Morgan fingerprint density at radius 2 is 1.33 bits per heavy atom. The van der Waals surface area contributed by atoms with Crippen LogP contribution in [0.4, 0.5) is 0 Å². The number of carbonyl (C=O) groups is 1. The molecule has 2 unspecified atom stereocenters. The van der Waals surface area contributed by atoms with Gasteiger partial charge in [-0.3, -0.25) is 19.5 Å². The summed E-state index contributed by atoms with van der Waals surface area (Å²) in [6.07, 6.45) is 0.205. The van der Waals surface area contributed by atoms with E-state index in [4.69, 9.17) is 10.4 Å². The van der Waals surface area contributed by atoms with Crippen molar-refractivity contribution in [2.24, 2.45) is 0 Å². The van der Waals surface area contributed by atoms with Gasteiger partial charge in [0.05, 0.1) is 13.0 Å². The number of carboxylic acid groups (broad SMARTS) is 1. The number of carboxylic acids is 1. The van der Waals surface area contributed by atoms with Crippen molar-refractivity contribution in [3.8, 4) is 0 Å². The van der Waals surface area contributed by atoms with Gasteiger partial charge in [0.1, 0.15) is 5.76 Å². The van der Waals surface area contributed by atoms with Crippen LogP contribution in [0.2, 0.25) is 0 Å². The maximum Gasteiger partial charge on any atom is 0.304 e. The van der Waals surface area contributed by atoms with Crippen LogP contribution in [0, 0.1) is 0 Å². The lowest BCUT2D eigenvalue weighted by atomic mass is 10.3. The molecule has 0 radical (unpaired) electrons. The van der Waals surface area contributed by atoms with Gasteiger partial charge in [0, 0.05) is 72.0 Å². The minimum absolute atomic E-state index is 0.205. The molecule has 0 aromatic carbocycles. The van der Waals surface area contributed by atoms with Crippen molar-refractivity contribution < 1.29 is 20.0 Å². The zero-order valence-electron chi connectivity index (χ0n) is 14.4. The molecule has 8 nitrogen and oxygen atoms in total. The second-order valence-electron chi connectivity index (χ2n) is 6.57. The molecule has 2 bridgehead atoms. The van der Waals surface area contributed by atoms with E-state index >= 15 is 0 Å². The molecule has 24 heavy (non-hydrogen) atoms. The van der Waals surface area contributed by atoms with Gasteiger partial charge >= 0.3 is 5.97 Å². The minimum atomic E-state index is -0.730. The van der Waals surface area contributed by atoms with E-state index in [-0.39, 0.29) is 6.42 Å². The molecule has 138 valence electrons. The number of hydrogen-bond donors (Lipinski definition) is 2. The number of fused-ring (bicyclic) bond motifs is 3. The van der Waals surface area contributed by atoms with E-state index in [9.17, 15) is 4.79 Å². The number of nitrogens with zero attached hydrogens (tertiary/aromatic N) is 4. The second-order valence-corrected chi connectivity index (χ2v) is 6.57. The summed E-state index contributed by atoms with van der Waals surface area (Å²) in [6.45, 7) is 14.4. The van der Waals surface area contributed by atoms with E-state index in [1.807, 2.05) is 0 Å². The monoisotopic (exact) mass is 342 g/mol. The Kier molecular flexibility index (Phi) is 7.93. The fourth-order valence-electron chi connectivity index (χ4n) is 3.22. The van der Waals surface area contributed by atoms with Crippen molar-refractivity contribution in [2.75, 3.05) is 78.5 Å². The summed E-state index contributed by atoms with van der Waals surface area (Å²) in [6, 6.07) is 0. The maximum absolute atomic E-state index is 10.8. The first-order chi connectivity index (χ1) is 11.6. The fraction of sp³-hybridized carbons (Fsp3) is 0.812. The van der Waals surface area contributed by atoms with Gasteiger partial charge in [-0.2, -0.15) is 0 Å². The van der Waals surface area contributed by atoms with Gasteiger partial charge in [0.2, 0.25) is 0 Å². The van der Waals surface area contributed by atoms with E-state index in [1.54, 1.807) is 0 Å². The van der Waals surface area contributed by atoms with Gasteiger partial charge in [-0.25, -0.2) is 5.26 Å². The Morgan fingerprint density at radius 3 is 1.79 bits per heavy atom. The molecule has 2 fully saturated rings. The third-order valence-electron chi connectivity index (χ3n) is 4.83. The predicted molar refractivity (Wildman–Crippen MR) is 90.9 cm³/mol. The molecule has 2 atom stereocenters. The molecule has 8 heteroatoms. The summed E-state index contributed by atoms with van der Waals surface area (Å²) in [7, 11) is 0. The summed E-state index contributed by atoms with van der Waals surface area (Å²) in [4.78, 5) is 24.5. The molecule has 2 heterocycles. The zero-order chi connectivity index (χ0) is 17.4. The van der Waals surface area contributed by atoms with Gasteiger partial charge in [0.25, 0.3) is 0 Å². The minimum Gasteiger partial charge on any atom is -0.481 e. The lowest BCUT2D eigenvalue weighted by Gasteiger charge is -2.29. The van der Waals surface area contributed by atoms with E-state index in [0.29, 0.717) is 18.8 Å². The molecule has 0 amide bonds.